The minimum atomic E-state index is -2.96. The zero-order chi connectivity index (χ0) is 12.1. The van der Waals surface area contributed by atoms with E-state index in [4.69, 9.17) is 26.4 Å². The van der Waals surface area contributed by atoms with Crippen LogP contribution < -0.4 is 14.6 Å². The molecule has 2 rings (SSSR count). The fourth-order valence-corrected chi connectivity index (χ4v) is 2.31. The van der Waals surface area contributed by atoms with Gasteiger partial charge in [-0.2, -0.15) is 0 Å². The first-order chi connectivity index (χ1) is 8.16. The highest BCUT2D eigenvalue weighted by Gasteiger charge is 2.16. The SMILES string of the molecule is NP(=S)(Oc1cncnc1)Oc1cncnc1. The second-order valence-electron chi connectivity index (χ2n) is 2.87. The molecule has 0 bridgehead atoms. The van der Waals surface area contributed by atoms with Crippen molar-refractivity contribution in [2.75, 3.05) is 0 Å². The van der Waals surface area contributed by atoms with Crippen LogP contribution in [0.1, 0.15) is 0 Å². The fraction of sp³-hybridized carbons (Fsp3) is 0. The predicted octanol–water partition coefficient (Wildman–Crippen LogP) is 0.908. The molecule has 2 aromatic heterocycles. The Balaban J connectivity index is 2.07. The molecule has 0 spiro atoms. The maximum absolute atomic E-state index is 5.75. The van der Waals surface area contributed by atoms with Gasteiger partial charge < -0.3 is 9.05 Å². The summed E-state index contributed by atoms with van der Waals surface area (Å²) in [5.74, 6) is 0.713. The van der Waals surface area contributed by atoms with Crippen molar-refractivity contribution in [1.82, 2.24) is 19.9 Å². The van der Waals surface area contributed by atoms with Crippen LogP contribution in [0.15, 0.2) is 37.4 Å². The number of nitrogens with zero attached hydrogens (tertiary/aromatic N) is 4. The normalized spacial score (nSPS) is 10.9. The minimum Gasteiger partial charge on any atom is -0.421 e. The Hall–Kier alpha value is -1.63. The summed E-state index contributed by atoms with van der Waals surface area (Å²) in [4.78, 5) is 15.1. The zero-order valence-electron chi connectivity index (χ0n) is 8.50. The van der Waals surface area contributed by atoms with Gasteiger partial charge in [0, 0.05) is 11.8 Å². The molecule has 0 aliphatic heterocycles. The summed E-state index contributed by atoms with van der Waals surface area (Å²) >= 11 is 5.04. The van der Waals surface area contributed by atoms with Crippen LogP contribution in [-0.2, 0) is 11.8 Å². The largest absolute Gasteiger partial charge is 0.421 e. The van der Waals surface area contributed by atoms with Gasteiger partial charge in [0.25, 0.3) is 0 Å². The van der Waals surface area contributed by atoms with Crippen LogP contribution in [0.5, 0.6) is 11.5 Å². The quantitative estimate of drug-likeness (QED) is 0.818. The van der Waals surface area contributed by atoms with Crippen molar-refractivity contribution in [3.05, 3.63) is 37.4 Å². The summed E-state index contributed by atoms with van der Waals surface area (Å²) in [6, 6.07) is 0. The third kappa shape index (κ3) is 3.70. The second kappa shape index (κ2) is 5.13. The highest BCUT2D eigenvalue weighted by atomic mass is 32.5. The molecule has 0 amide bonds. The van der Waals surface area contributed by atoms with Gasteiger partial charge in [-0.3, -0.25) is 0 Å². The average Bonchev–Trinajstić information content (AvgIpc) is 2.30. The molecule has 0 aromatic carbocycles. The molecule has 0 radical (unpaired) electrons. The summed E-state index contributed by atoms with van der Waals surface area (Å²) in [5.41, 5.74) is 5.75. The molecule has 0 fully saturated rings. The zero-order valence-corrected chi connectivity index (χ0v) is 10.2. The number of rotatable bonds is 4. The molecule has 9 heteroatoms. The lowest BCUT2D eigenvalue weighted by molar-refractivity contribution is 0.482. The molecule has 0 atom stereocenters. The third-order valence-electron chi connectivity index (χ3n) is 1.54. The topological polar surface area (TPSA) is 96.0 Å². The Morgan fingerprint density at radius 1 is 0.882 bits per heavy atom. The van der Waals surface area contributed by atoms with Crippen molar-refractivity contribution in [1.29, 1.82) is 0 Å². The van der Waals surface area contributed by atoms with Gasteiger partial charge in [0.15, 0.2) is 11.5 Å². The lowest BCUT2D eigenvalue weighted by atomic mass is 10.6. The van der Waals surface area contributed by atoms with Gasteiger partial charge in [0.05, 0.1) is 24.8 Å². The van der Waals surface area contributed by atoms with Gasteiger partial charge in [0.2, 0.25) is 0 Å². The Bertz CT molecular complexity index is 480. The van der Waals surface area contributed by atoms with Crippen molar-refractivity contribution in [3.8, 4) is 11.5 Å². The van der Waals surface area contributed by atoms with E-state index < -0.39 is 6.64 Å². The van der Waals surface area contributed by atoms with Crippen LogP contribution >= 0.6 is 6.64 Å². The van der Waals surface area contributed by atoms with Crippen molar-refractivity contribution in [2.45, 2.75) is 0 Å². The molecule has 2 heterocycles. The fourth-order valence-electron chi connectivity index (χ4n) is 0.978. The first kappa shape index (κ1) is 11.8. The summed E-state index contributed by atoms with van der Waals surface area (Å²) in [7, 11) is 0. The van der Waals surface area contributed by atoms with Gasteiger partial charge in [0.1, 0.15) is 12.7 Å². The average molecular weight is 269 g/mol. The minimum absolute atomic E-state index is 0.357. The van der Waals surface area contributed by atoms with E-state index in [0.717, 1.165) is 0 Å². The summed E-state index contributed by atoms with van der Waals surface area (Å²) in [5, 5.41) is 0. The highest BCUT2D eigenvalue weighted by molar-refractivity contribution is 8.09. The number of hydrogen-bond donors (Lipinski definition) is 1. The molecule has 0 saturated carbocycles. The van der Waals surface area contributed by atoms with Gasteiger partial charge >= 0.3 is 6.64 Å². The lowest BCUT2D eigenvalue weighted by Gasteiger charge is -2.17. The molecule has 0 aliphatic rings. The molecule has 88 valence electrons. The summed E-state index contributed by atoms with van der Waals surface area (Å²) in [6.07, 6.45) is 8.55. The first-order valence-electron chi connectivity index (χ1n) is 4.43. The van der Waals surface area contributed by atoms with E-state index in [9.17, 15) is 0 Å². The Labute approximate surface area is 102 Å². The van der Waals surface area contributed by atoms with Crippen LogP contribution in [0, 0.1) is 0 Å². The monoisotopic (exact) mass is 269 g/mol. The third-order valence-corrected chi connectivity index (χ3v) is 2.92. The molecule has 2 N–H and O–H groups in total. The van der Waals surface area contributed by atoms with Crippen molar-refractivity contribution in [3.63, 3.8) is 0 Å². The molecule has 0 saturated heterocycles. The smallest absolute Gasteiger partial charge is 0.362 e. The lowest BCUT2D eigenvalue weighted by Crippen LogP contribution is -2.09. The van der Waals surface area contributed by atoms with E-state index in [0.29, 0.717) is 11.5 Å². The van der Waals surface area contributed by atoms with Crippen LogP contribution in [-0.4, -0.2) is 19.9 Å². The summed E-state index contributed by atoms with van der Waals surface area (Å²) in [6.45, 7) is -2.96. The van der Waals surface area contributed by atoms with E-state index in [1.165, 1.54) is 37.4 Å². The molecule has 0 unspecified atom stereocenters. The molecular weight excluding hydrogens is 261 g/mol. The molecular formula is C8H8N5O2PS. The first-order valence-corrected chi connectivity index (χ1v) is 7.14. The van der Waals surface area contributed by atoms with E-state index >= 15 is 0 Å². The molecule has 0 aliphatic carbocycles. The van der Waals surface area contributed by atoms with Crippen LogP contribution in [0.25, 0.3) is 0 Å². The van der Waals surface area contributed by atoms with Crippen molar-refractivity contribution in [2.24, 2.45) is 5.50 Å². The van der Waals surface area contributed by atoms with Gasteiger partial charge in [-0.15, -0.1) is 0 Å². The van der Waals surface area contributed by atoms with E-state index in [1.54, 1.807) is 0 Å². The van der Waals surface area contributed by atoms with Crippen LogP contribution in [0.4, 0.5) is 0 Å². The molecule has 7 nitrogen and oxygen atoms in total. The van der Waals surface area contributed by atoms with Crippen LogP contribution in [0.2, 0.25) is 0 Å². The maximum atomic E-state index is 5.75. The van der Waals surface area contributed by atoms with E-state index in [1.807, 2.05) is 0 Å². The standard InChI is InChI=1S/C8H8N5O2PS/c9-16(17,14-7-1-10-5-11-2-7)15-8-3-12-6-13-4-8/h1-6H,(H2,9,17). The summed E-state index contributed by atoms with van der Waals surface area (Å²) < 4.78 is 10.6. The van der Waals surface area contributed by atoms with Crippen LogP contribution in [0.3, 0.4) is 0 Å². The Kier molecular flexibility index (Phi) is 3.58. The van der Waals surface area contributed by atoms with E-state index in [2.05, 4.69) is 19.9 Å². The second-order valence-corrected chi connectivity index (χ2v) is 5.84. The highest BCUT2D eigenvalue weighted by Crippen LogP contribution is 2.40. The Morgan fingerprint density at radius 2 is 1.24 bits per heavy atom. The van der Waals surface area contributed by atoms with Gasteiger partial charge in [-0.25, -0.2) is 25.4 Å². The predicted molar refractivity (Wildman–Crippen MR) is 63.8 cm³/mol. The number of hydrogen-bond acceptors (Lipinski definition) is 7. The number of nitrogens with two attached hydrogens (primary N) is 1. The van der Waals surface area contributed by atoms with Gasteiger partial charge in [-0.05, 0) is 0 Å². The Morgan fingerprint density at radius 3 is 1.59 bits per heavy atom. The van der Waals surface area contributed by atoms with E-state index in [-0.39, 0.29) is 0 Å². The molecule has 2 aromatic rings. The van der Waals surface area contributed by atoms with Crippen molar-refractivity contribution >= 4 is 18.4 Å². The van der Waals surface area contributed by atoms with Gasteiger partial charge in [-0.1, -0.05) is 0 Å². The maximum Gasteiger partial charge on any atom is 0.362 e. The number of aromatic nitrogens is 4. The molecule has 17 heavy (non-hydrogen) atoms. The van der Waals surface area contributed by atoms with Crippen molar-refractivity contribution < 1.29 is 9.05 Å².